The first-order valence-electron chi connectivity index (χ1n) is 4.50. The van der Waals surface area contributed by atoms with E-state index in [4.69, 9.17) is 0 Å². The van der Waals surface area contributed by atoms with Crippen molar-refractivity contribution < 1.29 is 4.92 Å². The Labute approximate surface area is 77.7 Å². The summed E-state index contributed by atoms with van der Waals surface area (Å²) in [6, 6.07) is 0. The SMILES string of the molecule is CCCCN1C=CC=CC1[N+](=O)[O-]. The van der Waals surface area contributed by atoms with Gasteiger partial charge in [-0.25, -0.2) is 0 Å². The minimum atomic E-state index is -0.670. The second-order valence-electron chi connectivity index (χ2n) is 3.02. The van der Waals surface area contributed by atoms with Gasteiger partial charge in [0.2, 0.25) is 0 Å². The van der Waals surface area contributed by atoms with E-state index >= 15 is 0 Å². The van der Waals surface area contributed by atoms with Gasteiger partial charge in [-0.3, -0.25) is 10.1 Å². The van der Waals surface area contributed by atoms with E-state index in [1.54, 1.807) is 23.3 Å². The third kappa shape index (κ3) is 2.57. The average molecular weight is 182 g/mol. The summed E-state index contributed by atoms with van der Waals surface area (Å²) in [5.74, 6) is 0. The van der Waals surface area contributed by atoms with E-state index in [9.17, 15) is 10.1 Å². The number of hydrogen-bond donors (Lipinski definition) is 0. The molecule has 1 unspecified atom stereocenters. The van der Waals surface area contributed by atoms with Crippen LogP contribution >= 0.6 is 0 Å². The van der Waals surface area contributed by atoms with Crippen LogP contribution in [0.1, 0.15) is 19.8 Å². The highest BCUT2D eigenvalue weighted by Gasteiger charge is 2.23. The fraction of sp³-hybridized carbons (Fsp3) is 0.556. The predicted molar refractivity (Wildman–Crippen MR) is 50.7 cm³/mol. The highest BCUT2D eigenvalue weighted by Crippen LogP contribution is 2.09. The molecule has 0 bridgehead atoms. The molecule has 0 radical (unpaired) electrons. The zero-order valence-corrected chi connectivity index (χ0v) is 7.72. The molecule has 0 aliphatic carbocycles. The van der Waals surface area contributed by atoms with E-state index in [0.29, 0.717) is 0 Å². The fourth-order valence-corrected chi connectivity index (χ4v) is 1.26. The molecular formula is C9H14N2O2. The highest BCUT2D eigenvalue weighted by atomic mass is 16.6. The number of nitro groups is 1. The van der Waals surface area contributed by atoms with Gasteiger partial charge in [-0.15, -0.1) is 0 Å². The smallest absolute Gasteiger partial charge is 0.306 e. The molecule has 4 heteroatoms. The van der Waals surface area contributed by atoms with Crippen molar-refractivity contribution >= 4 is 0 Å². The maximum atomic E-state index is 10.6. The molecule has 1 aliphatic heterocycles. The molecular weight excluding hydrogens is 168 g/mol. The number of nitrogens with zero attached hydrogens (tertiary/aromatic N) is 2. The number of allylic oxidation sites excluding steroid dienone is 2. The average Bonchev–Trinajstić information content (AvgIpc) is 2.15. The summed E-state index contributed by atoms with van der Waals surface area (Å²) in [7, 11) is 0. The Hall–Kier alpha value is -1.32. The van der Waals surface area contributed by atoms with Crippen LogP contribution in [0.3, 0.4) is 0 Å². The van der Waals surface area contributed by atoms with Crippen molar-refractivity contribution in [3.63, 3.8) is 0 Å². The van der Waals surface area contributed by atoms with Crippen molar-refractivity contribution in [2.24, 2.45) is 0 Å². The molecule has 1 heterocycles. The molecule has 0 aromatic carbocycles. The van der Waals surface area contributed by atoms with E-state index in [-0.39, 0.29) is 4.92 Å². The van der Waals surface area contributed by atoms with Gasteiger partial charge >= 0.3 is 6.17 Å². The van der Waals surface area contributed by atoms with Gasteiger partial charge in [0.1, 0.15) is 0 Å². The van der Waals surface area contributed by atoms with Gasteiger partial charge in [-0.05, 0) is 12.5 Å². The molecule has 1 rings (SSSR count). The lowest BCUT2D eigenvalue weighted by Crippen LogP contribution is -2.37. The zero-order chi connectivity index (χ0) is 9.68. The maximum absolute atomic E-state index is 10.6. The van der Waals surface area contributed by atoms with Gasteiger partial charge in [0, 0.05) is 23.7 Å². The van der Waals surface area contributed by atoms with Crippen LogP contribution in [0.4, 0.5) is 0 Å². The van der Waals surface area contributed by atoms with Gasteiger partial charge in [0.15, 0.2) is 0 Å². The highest BCUT2D eigenvalue weighted by molar-refractivity contribution is 5.10. The number of unbranched alkanes of at least 4 members (excludes halogenated alkanes) is 1. The van der Waals surface area contributed by atoms with Crippen molar-refractivity contribution in [3.05, 3.63) is 34.5 Å². The van der Waals surface area contributed by atoms with Crippen LogP contribution in [0.15, 0.2) is 24.4 Å². The Morgan fingerprint density at radius 1 is 1.54 bits per heavy atom. The summed E-state index contributed by atoms with van der Waals surface area (Å²) in [6.45, 7) is 2.83. The summed E-state index contributed by atoms with van der Waals surface area (Å²) in [6.07, 6.45) is 8.31. The maximum Gasteiger partial charge on any atom is 0.306 e. The molecule has 0 aromatic heterocycles. The van der Waals surface area contributed by atoms with Gasteiger partial charge in [0.05, 0.1) is 0 Å². The Morgan fingerprint density at radius 2 is 2.31 bits per heavy atom. The van der Waals surface area contributed by atoms with E-state index in [2.05, 4.69) is 6.92 Å². The van der Waals surface area contributed by atoms with Crippen LogP contribution in [0.25, 0.3) is 0 Å². The summed E-state index contributed by atoms with van der Waals surface area (Å²) >= 11 is 0. The van der Waals surface area contributed by atoms with Gasteiger partial charge < -0.3 is 4.90 Å². The first-order valence-corrected chi connectivity index (χ1v) is 4.50. The van der Waals surface area contributed by atoms with Crippen LogP contribution in [-0.4, -0.2) is 22.5 Å². The molecule has 0 spiro atoms. The Balaban J connectivity index is 2.54. The van der Waals surface area contributed by atoms with Gasteiger partial charge in [0.25, 0.3) is 0 Å². The number of rotatable bonds is 4. The Kier molecular flexibility index (Phi) is 3.49. The molecule has 72 valence electrons. The summed E-state index contributed by atoms with van der Waals surface area (Å²) in [4.78, 5) is 12.1. The van der Waals surface area contributed by atoms with E-state index in [1.807, 2.05) is 6.08 Å². The minimum Gasteiger partial charge on any atom is -0.313 e. The molecule has 0 saturated carbocycles. The van der Waals surface area contributed by atoms with E-state index in [1.165, 1.54) is 0 Å². The molecule has 0 fully saturated rings. The monoisotopic (exact) mass is 182 g/mol. The second-order valence-corrected chi connectivity index (χ2v) is 3.02. The molecule has 1 atom stereocenters. The molecule has 4 nitrogen and oxygen atoms in total. The third-order valence-corrected chi connectivity index (χ3v) is 2.00. The third-order valence-electron chi connectivity index (χ3n) is 2.00. The van der Waals surface area contributed by atoms with Crippen molar-refractivity contribution in [3.8, 4) is 0 Å². The van der Waals surface area contributed by atoms with Crippen molar-refractivity contribution in [1.82, 2.24) is 4.90 Å². The lowest BCUT2D eigenvalue weighted by molar-refractivity contribution is -0.533. The van der Waals surface area contributed by atoms with Crippen LogP contribution in [0.5, 0.6) is 0 Å². The molecule has 0 amide bonds. The first kappa shape index (κ1) is 9.77. The Bertz CT molecular complexity index is 236. The number of hydrogen-bond acceptors (Lipinski definition) is 3. The van der Waals surface area contributed by atoms with Crippen LogP contribution in [-0.2, 0) is 0 Å². The van der Waals surface area contributed by atoms with Crippen molar-refractivity contribution in [2.75, 3.05) is 6.54 Å². The van der Waals surface area contributed by atoms with Crippen LogP contribution in [0.2, 0.25) is 0 Å². The zero-order valence-electron chi connectivity index (χ0n) is 7.72. The lowest BCUT2D eigenvalue weighted by atomic mass is 10.2. The molecule has 0 aromatic rings. The molecule has 0 N–H and O–H groups in total. The summed E-state index contributed by atoms with van der Waals surface area (Å²) in [5.41, 5.74) is 0. The van der Waals surface area contributed by atoms with E-state index in [0.717, 1.165) is 19.4 Å². The summed E-state index contributed by atoms with van der Waals surface area (Å²) < 4.78 is 0. The normalized spacial score (nSPS) is 20.7. The first-order chi connectivity index (χ1) is 6.25. The lowest BCUT2D eigenvalue weighted by Gasteiger charge is -2.23. The minimum absolute atomic E-state index is 0.268. The van der Waals surface area contributed by atoms with Gasteiger partial charge in [-0.1, -0.05) is 19.4 Å². The summed E-state index contributed by atoms with van der Waals surface area (Å²) in [5, 5.41) is 10.6. The predicted octanol–water partition coefficient (Wildman–Crippen LogP) is 1.77. The van der Waals surface area contributed by atoms with E-state index < -0.39 is 6.17 Å². The van der Waals surface area contributed by atoms with Crippen LogP contribution < -0.4 is 0 Å². The quantitative estimate of drug-likeness (QED) is 0.491. The van der Waals surface area contributed by atoms with Crippen LogP contribution in [0, 0.1) is 10.1 Å². The fourth-order valence-electron chi connectivity index (χ4n) is 1.26. The van der Waals surface area contributed by atoms with Gasteiger partial charge in [-0.2, -0.15) is 0 Å². The van der Waals surface area contributed by atoms with Crippen molar-refractivity contribution in [2.45, 2.75) is 25.9 Å². The topological polar surface area (TPSA) is 46.4 Å². The Morgan fingerprint density at radius 3 is 2.92 bits per heavy atom. The molecule has 13 heavy (non-hydrogen) atoms. The largest absolute Gasteiger partial charge is 0.313 e. The second kappa shape index (κ2) is 4.64. The standard InChI is InChI=1S/C9H14N2O2/c1-2-3-7-10-8-5-4-6-9(10)11(12)13/h4-6,8-9H,2-3,7H2,1H3. The van der Waals surface area contributed by atoms with Crippen molar-refractivity contribution in [1.29, 1.82) is 0 Å². The molecule has 0 saturated heterocycles. The molecule has 1 aliphatic rings.